The molecule has 6 heteroatoms. The first kappa shape index (κ1) is 16.6. The van der Waals surface area contributed by atoms with E-state index in [0.29, 0.717) is 10.6 Å². The number of furan rings is 1. The molecule has 2 heterocycles. The van der Waals surface area contributed by atoms with Gasteiger partial charge < -0.3 is 9.73 Å². The van der Waals surface area contributed by atoms with E-state index < -0.39 is 0 Å². The van der Waals surface area contributed by atoms with Gasteiger partial charge in [-0.05, 0) is 49.2 Å². The number of rotatable bonds is 4. The smallest absolute Gasteiger partial charge is 0.234 e. The summed E-state index contributed by atoms with van der Waals surface area (Å²) in [5.74, 6) is 0.164. The second-order valence-electron chi connectivity index (χ2n) is 6.09. The first-order chi connectivity index (χ1) is 12.6. The third-order valence-electron chi connectivity index (χ3n) is 4.26. The minimum atomic E-state index is -0.0823. The third-order valence-corrected chi connectivity index (χ3v) is 5.23. The van der Waals surface area contributed by atoms with Crippen LogP contribution in [0.25, 0.3) is 22.1 Å². The van der Waals surface area contributed by atoms with E-state index in [4.69, 9.17) is 4.42 Å². The van der Waals surface area contributed by atoms with Crippen molar-refractivity contribution in [2.75, 3.05) is 11.1 Å². The molecule has 4 rings (SSSR count). The Kier molecular flexibility index (Phi) is 4.34. The fourth-order valence-electron chi connectivity index (χ4n) is 2.76. The molecule has 0 aliphatic heterocycles. The van der Waals surface area contributed by atoms with Crippen LogP contribution in [-0.2, 0) is 4.79 Å². The van der Waals surface area contributed by atoms with Crippen LogP contribution in [0.5, 0.6) is 0 Å². The number of anilines is 1. The van der Waals surface area contributed by atoms with Crippen LogP contribution in [0, 0.1) is 13.8 Å². The van der Waals surface area contributed by atoms with Gasteiger partial charge in [0.05, 0.1) is 5.75 Å². The van der Waals surface area contributed by atoms with Gasteiger partial charge in [0.2, 0.25) is 5.91 Å². The van der Waals surface area contributed by atoms with Gasteiger partial charge in [-0.15, -0.1) is 0 Å². The lowest BCUT2D eigenvalue weighted by Gasteiger charge is -2.07. The molecule has 0 fully saturated rings. The predicted molar refractivity (Wildman–Crippen MR) is 105 cm³/mol. The summed E-state index contributed by atoms with van der Waals surface area (Å²) in [5, 5.41) is 4.54. The van der Waals surface area contributed by atoms with Gasteiger partial charge in [0.25, 0.3) is 0 Å². The maximum Gasteiger partial charge on any atom is 0.234 e. The molecule has 0 aliphatic rings. The van der Waals surface area contributed by atoms with E-state index in [2.05, 4.69) is 15.3 Å². The number of hydrogen-bond donors (Lipinski definition) is 1. The first-order valence-electron chi connectivity index (χ1n) is 8.24. The highest BCUT2D eigenvalue weighted by Crippen LogP contribution is 2.32. The number of nitrogens with one attached hydrogen (secondary N) is 1. The van der Waals surface area contributed by atoms with Crippen LogP contribution in [0.3, 0.4) is 0 Å². The molecule has 0 spiro atoms. The molecular weight excluding hydrogens is 346 g/mol. The zero-order valence-corrected chi connectivity index (χ0v) is 15.3. The fourth-order valence-corrected chi connectivity index (χ4v) is 3.49. The molecule has 0 aliphatic carbocycles. The Labute approximate surface area is 154 Å². The first-order valence-corrected chi connectivity index (χ1v) is 9.22. The lowest BCUT2D eigenvalue weighted by Crippen LogP contribution is -2.14. The number of carbonyl (C=O) groups excluding carboxylic acids is 1. The van der Waals surface area contributed by atoms with Gasteiger partial charge in [0, 0.05) is 11.1 Å². The number of carbonyl (C=O) groups is 1. The lowest BCUT2D eigenvalue weighted by atomic mass is 10.1. The highest BCUT2D eigenvalue weighted by atomic mass is 32.2. The summed E-state index contributed by atoms with van der Waals surface area (Å²) in [6, 6.07) is 13.6. The minimum Gasteiger partial charge on any atom is -0.451 e. The Bertz CT molecular complexity index is 1120. The minimum absolute atomic E-state index is 0.0823. The number of para-hydroxylation sites is 1. The molecule has 4 aromatic rings. The molecule has 2 aromatic carbocycles. The summed E-state index contributed by atoms with van der Waals surface area (Å²) in [5.41, 5.74) is 5.31. The molecular formula is C20H17N3O2S. The van der Waals surface area contributed by atoms with Crippen LogP contribution in [0.15, 0.2) is 58.2 Å². The van der Waals surface area contributed by atoms with Crippen LogP contribution in [0.4, 0.5) is 5.69 Å². The summed E-state index contributed by atoms with van der Waals surface area (Å²) in [6.45, 7) is 4.07. The van der Waals surface area contributed by atoms with E-state index in [1.54, 1.807) is 0 Å². The number of aryl methyl sites for hydroxylation is 2. The summed E-state index contributed by atoms with van der Waals surface area (Å²) >= 11 is 1.34. The van der Waals surface area contributed by atoms with Crippen molar-refractivity contribution in [3.05, 3.63) is 59.9 Å². The molecule has 0 atom stereocenters. The molecule has 0 unspecified atom stereocenters. The van der Waals surface area contributed by atoms with Crippen molar-refractivity contribution in [3.8, 4) is 0 Å². The highest BCUT2D eigenvalue weighted by Gasteiger charge is 2.14. The molecule has 1 N–H and O–H groups in total. The van der Waals surface area contributed by atoms with Crippen LogP contribution in [0.2, 0.25) is 0 Å². The monoisotopic (exact) mass is 363 g/mol. The van der Waals surface area contributed by atoms with Crippen molar-refractivity contribution >= 4 is 45.4 Å². The van der Waals surface area contributed by atoms with Crippen molar-refractivity contribution in [2.24, 2.45) is 0 Å². The van der Waals surface area contributed by atoms with E-state index >= 15 is 0 Å². The van der Waals surface area contributed by atoms with E-state index in [-0.39, 0.29) is 11.7 Å². The molecule has 2 aromatic heterocycles. The number of amides is 1. The molecule has 0 radical (unpaired) electrons. The molecule has 5 nitrogen and oxygen atoms in total. The van der Waals surface area contributed by atoms with E-state index in [0.717, 1.165) is 27.7 Å². The quantitative estimate of drug-likeness (QED) is 0.419. The fraction of sp³-hybridized carbons (Fsp3) is 0.150. The third kappa shape index (κ3) is 3.15. The van der Waals surface area contributed by atoms with Crippen molar-refractivity contribution in [3.63, 3.8) is 0 Å². The number of hydrogen-bond acceptors (Lipinski definition) is 5. The maximum atomic E-state index is 12.3. The van der Waals surface area contributed by atoms with E-state index in [9.17, 15) is 4.79 Å². The van der Waals surface area contributed by atoms with Crippen molar-refractivity contribution in [1.29, 1.82) is 0 Å². The second kappa shape index (κ2) is 6.80. The van der Waals surface area contributed by atoms with Gasteiger partial charge in [-0.1, -0.05) is 30.0 Å². The standard InChI is InChI=1S/C20H17N3O2S/c1-12-7-8-14(9-13(12)2)23-17(24)10-26-20-19-18(21-11-22-20)15-5-3-4-6-16(15)25-19/h3-9,11H,10H2,1-2H3,(H,23,24). The van der Waals surface area contributed by atoms with Crippen molar-refractivity contribution in [1.82, 2.24) is 9.97 Å². The zero-order valence-electron chi connectivity index (χ0n) is 14.4. The van der Waals surface area contributed by atoms with Gasteiger partial charge in [0.15, 0.2) is 5.58 Å². The van der Waals surface area contributed by atoms with Gasteiger partial charge in [-0.3, -0.25) is 4.79 Å². The van der Waals surface area contributed by atoms with Crippen LogP contribution < -0.4 is 5.32 Å². The maximum absolute atomic E-state index is 12.3. The van der Waals surface area contributed by atoms with Crippen LogP contribution in [0.1, 0.15) is 11.1 Å². The normalized spacial score (nSPS) is 11.2. The average Bonchev–Trinajstić information content (AvgIpc) is 3.02. The second-order valence-corrected chi connectivity index (χ2v) is 7.05. The summed E-state index contributed by atoms with van der Waals surface area (Å²) in [6.07, 6.45) is 1.51. The van der Waals surface area contributed by atoms with Gasteiger partial charge in [-0.2, -0.15) is 0 Å². The highest BCUT2D eigenvalue weighted by molar-refractivity contribution is 8.00. The van der Waals surface area contributed by atoms with Crippen LogP contribution in [-0.4, -0.2) is 21.6 Å². The van der Waals surface area contributed by atoms with Gasteiger partial charge >= 0.3 is 0 Å². The molecule has 0 saturated heterocycles. The predicted octanol–water partition coefficient (Wildman–Crippen LogP) is 4.72. The average molecular weight is 363 g/mol. The Morgan fingerprint density at radius 2 is 1.96 bits per heavy atom. The summed E-state index contributed by atoms with van der Waals surface area (Å²) in [7, 11) is 0. The van der Waals surface area contributed by atoms with Crippen LogP contribution >= 0.6 is 11.8 Å². The number of nitrogens with zero attached hydrogens (tertiary/aromatic N) is 2. The number of aromatic nitrogens is 2. The SMILES string of the molecule is Cc1ccc(NC(=O)CSc2ncnc3c2oc2ccccc23)cc1C. The number of benzene rings is 2. The zero-order chi connectivity index (χ0) is 18.1. The molecule has 26 heavy (non-hydrogen) atoms. The van der Waals surface area contributed by atoms with E-state index in [1.807, 2.05) is 56.3 Å². The van der Waals surface area contributed by atoms with Crippen molar-refractivity contribution < 1.29 is 9.21 Å². The topological polar surface area (TPSA) is 68.0 Å². The number of thioether (sulfide) groups is 1. The summed E-state index contributed by atoms with van der Waals surface area (Å²) in [4.78, 5) is 20.9. The Morgan fingerprint density at radius 1 is 1.12 bits per heavy atom. The molecule has 1 amide bonds. The van der Waals surface area contributed by atoms with Crippen molar-refractivity contribution in [2.45, 2.75) is 18.9 Å². The van der Waals surface area contributed by atoms with Gasteiger partial charge in [0.1, 0.15) is 22.5 Å². The largest absolute Gasteiger partial charge is 0.451 e. The van der Waals surface area contributed by atoms with E-state index in [1.165, 1.54) is 23.7 Å². The molecule has 130 valence electrons. The Balaban J connectivity index is 1.52. The van der Waals surface area contributed by atoms with Gasteiger partial charge in [-0.25, -0.2) is 9.97 Å². The lowest BCUT2D eigenvalue weighted by molar-refractivity contribution is -0.113. The Hall–Kier alpha value is -2.86. The molecule has 0 bridgehead atoms. The summed E-state index contributed by atoms with van der Waals surface area (Å²) < 4.78 is 5.89. The Morgan fingerprint density at radius 3 is 2.81 bits per heavy atom. The number of fused-ring (bicyclic) bond motifs is 3. The molecule has 0 saturated carbocycles.